The molecule has 19 heteroatoms. The number of hydrogen-bond acceptors (Lipinski definition) is 10. The molecule has 0 saturated carbocycles. The number of aliphatic hydroxyl groups is 1. The quantitative estimate of drug-likeness (QED) is 0.0923. The summed E-state index contributed by atoms with van der Waals surface area (Å²) in [6.07, 6.45) is -7.70. The van der Waals surface area contributed by atoms with E-state index in [0.29, 0.717) is 0 Å². The van der Waals surface area contributed by atoms with Crippen molar-refractivity contribution in [1.29, 1.82) is 0 Å². The van der Waals surface area contributed by atoms with Gasteiger partial charge < -0.3 is 40.1 Å². The van der Waals surface area contributed by atoms with E-state index in [-0.39, 0.29) is 126 Å². The van der Waals surface area contributed by atoms with Crippen LogP contribution in [-0.4, -0.2) is 216 Å². The molecule has 0 aliphatic rings. The summed E-state index contributed by atoms with van der Waals surface area (Å²) < 4.78 is 8.93. The second-order valence-electron chi connectivity index (χ2n) is 6.08. The van der Waals surface area contributed by atoms with Crippen LogP contribution in [0.15, 0.2) is 0 Å². The number of carbonyl (C=O) groups excluding carboxylic acids is 2. The van der Waals surface area contributed by atoms with E-state index in [9.17, 15) is 38.7 Å². The second-order valence-corrected chi connectivity index (χ2v) is 6.08. The summed E-state index contributed by atoms with van der Waals surface area (Å²) in [5.74, 6) is -12.9. The summed E-state index contributed by atoms with van der Waals surface area (Å²) in [5.41, 5.74) is -6.12. The number of aliphatic carboxylic acids is 5. The van der Waals surface area contributed by atoms with Gasteiger partial charge in [-0.25, -0.2) is 14.4 Å². The predicted octanol–water partition coefficient (Wildman–Crippen LogP) is -4.95. The minimum atomic E-state index is -3.08. The van der Waals surface area contributed by atoms with Gasteiger partial charge >= 0.3 is 168 Å². The number of carboxylic acid groups (broad SMARTS) is 5. The SMILES string of the molecule is CC(OC(=O)CC(O)(CC(=O)O)C(=O)O)C(=O)OC(CC(=O)O)(CC(=O)O)C(=O)O.[CaH2].[NaH].[NaH].[NaH]. The molecular formula is C15H23CaNa3O15. The number of hydrogen-bond donors (Lipinski definition) is 6. The first-order valence-corrected chi connectivity index (χ1v) is 7.81. The zero-order chi connectivity index (χ0) is 23.9. The maximum absolute atomic E-state index is 12.0. The Morgan fingerprint density at radius 3 is 1.38 bits per heavy atom. The summed E-state index contributed by atoms with van der Waals surface area (Å²) in [5, 5.41) is 54.0. The number of carbonyl (C=O) groups is 7. The van der Waals surface area contributed by atoms with Gasteiger partial charge in [-0.1, -0.05) is 0 Å². The molecule has 0 aromatic heterocycles. The zero-order valence-electron chi connectivity index (χ0n) is 15.3. The van der Waals surface area contributed by atoms with Gasteiger partial charge in [-0.2, -0.15) is 0 Å². The van der Waals surface area contributed by atoms with Crippen LogP contribution >= 0.6 is 0 Å². The fraction of sp³-hybridized carbons (Fsp3) is 0.533. The molecule has 0 amide bonds. The molecule has 0 aromatic rings. The molecule has 0 spiro atoms. The van der Waals surface area contributed by atoms with Crippen molar-refractivity contribution in [2.45, 2.75) is 49.9 Å². The molecule has 2 atom stereocenters. The molecule has 0 bridgehead atoms. The summed E-state index contributed by atoms with van der Waals surface area (Å²) in [7, 11) is 0. The van der Waals surface area contributed by atoms with Gasteiger partial charge in [0.05, 0.1) is 25.7 Å². The maximum atomic E-state index is 12.0. The number of rotatable bonds is 13. The van der Waals surface area contributed by atoms with Crippen LogP contribution in [0.3, 0.4) is 0 Å². The molecule has 0 fully saturated rings. The molecule has 178 valence electrons. The van der Waals surface area contributed by atoms with E-state index in [4.69, 9.17) is 25.5 Å². The van der Waals surface area contributed by atoms with Crippen molar-refractivity contribution < 1.29 is 73.7 Å². The van der Waals surface area contributed by atoms with E-state index in [1.165, 1.54) is 0 Å². The van der Waals surface area contributed by atoms with Gasteiger partial charge in [0.1, 0.15) is 0 Å². The fourth-order valence-corrected chi connectivity index (χ4v) is 2.08. The van der Waals surface area contributed by atoms with Crippen molar-refractivity contribution in [1.82, 2.24) is 0 Å². The van der Waals surface area contributed by atoms with Gasteiger partial charge in [-0.05, 0) is 6.92 Å². The van der Waals surface area contributed by atoms with Crippen molar-refractivity contribution in [3.8, 4) is 0 Å². The third-order valence-electron chi connectivity index (χ3n) is 3.48. The monoisotopic (exact) mass is 552 g/mol. The first kappa shape index (κ1) is 44.5. The molecule has 0 aromatic carbocycles. The first-order valence-electron chi connectivity index (χ1n) is 7.81. The van der Waals surface area contributed by atoms with Crippen LogP contribution < -0.4 is 0 Å². The molecule has 0 saturated heterocycles. The number of esters is 2. The topological polar surface area (TPSA) is 259 Å². The van der Waals surface area contributed by atoms with Gasteiger partial charge in [-0.15, -0.1) is 0 Å². The number of carboxylic acids is 5. The molecule has 0 aliphatic carbocycles. The van der Waals surface area contributed by atoms with Gasteiger partial charge in [0.25, 0.3) is 0 Å². The van der Waals surface area contributed by atoms with Crippen LogP contribution in [0.1, 0.15) is 32.6 Å². The van der Waals surface area contributed by atoms with Crippen molar-refractivity contribution in [3.63, 3.8) is 0 Å². The van der Waals surface area contributed by atoms with E-state index in [1.807, 2.05) is 0 Å². The third kappa shape index (κ3) is 15.6. The summed E-state index contributed by atoms with van der Waals surface area (Å²) in [6, 6.07) is 0. The van der Waals surface area contributed by atoms with Crippen molar-refractivity contribution in [3.05, 3.63) is 0 Å². The molecule has 0 rings (SSSR count). The van der Waals surface area contributed by atoms with Gasteiger partial charge in [-0.3, -0.25) is 19.2 Å². The standard InChI is InChI=1S/C15H18O15.Ca.3Na.5H/c1-6(29-10(22)5-14(28,12(24)25)2-7(16)17)11(23)30-15(13(26)27,3-8(18)19)4-9(20)21;;;;;;;;;/h6,28H,2-5H2,1H3,(H,16,17)(H,18,19)(H,20,21)(H,24,25)(H,26,27);;;;;;;;;. The third-order valence-corrected chi connectivity index (χ3v) is 3.48. The van der Waals surface area contributed by atoms with Crippen LogP contribution in [0.2, 0.25) is 0 Å². The van der Waals surface area contributed by atoms with E-state index in [1.54, 1.807) is 0 Å². The van der Waals surface area contributed by atoms with Crippen LogP contribution in [0.25, 0.3) is 0 Å². The van der Waals surface area contributed by atoms with E-state index < -0.39 is 84.8 Å². The Balaban J connectivity index is -0.000000701. The Bertz CT molecular complexity index is 758. The Labute approximate surface area is 287 Å². The van der Waals surface area contributed by atoms with E-state index in [0.717, 1.165) is 6.92 Å². The molecule has 34 heavy (non-hydrogen) atoms. The van der Waals surface area contributed by atoms with E-state index >= 15 is 0 Å². The molecule has 0 aliphatic heterocycles. The van der Waals surface area contributed by atoms with Gasteiger partial charge in [0, 0.05) is 0 Å². The summed E-state index contributed by atoms with van der Waals surface area (Å²) in [4.78, 5) is 78.5. The second kappa shape index (κ2) is 19.6. The molecule has 15 nitrogen and oxygen atoms in total. The predicted molar refractivity (Wildman–Crippen MR) is 116 cm³/mol. The molecular weight excluding hydrogens is 529 g/mol. The van der Waals surface area contributed by atoms with Crippen molar-refractivity contribution in [2.75, 3.05) is 0 Å². The summed E-state index contributed by atoms with van der Waals surface area (Å²) in [6.45, 7) is 0.797. The Morgan fingerprint density at radius 1 is 0.706 bits per heavy atom. The summed E-state index contributed by atoms with van der Waals surface area (Å²) >= 11 is 0. The van der Waals surface area contributed by atoms with Crippen molar-refractivity contribution in [2.24, 2.45) is 0 Å². The molecule has 0 radical (unpaired) electrons. The van der Waals surface area contributed by atoms with Gasteiger partial charge in [0.2, 0.25) is 5.60 Å². The van der Waals surface area contributed by atoms with E-state index in [2.05, 4.69) is 9.47 Å². The average Bonchev–Trinajstić information content (AvgIpc) is 2.51. The first-order chi connectivity index (χ1) is 13.5. The van der Waals surface area contributed by atoms with Crippen LogP contribution in [0.5, 0.6) is 0 Å². The van der Waals surface area contributed by atoms with Crippen molar-refractivity contribution >= 4 is 168 Å². The molecule has 2 unspecified atom stereocenters. The molecule has 6 N–H and O–H groups in total. The zero-order valence-corrected chi connectivity index (χ0v) is 15.3. The van der Waals surface area contributed by atoms with Gasteiger partial charge in [0.15, 0.2) is 11.7 Å². The minimum absolute atomic E-state index is 0. The van der Waals surface area contributed by atoms with Crippen LogP contribution in [-0.2, 0) is 43.0 Å². The normalized spacial score (nSPS) is 12.3. The van der Waals surface area contributed by atoms with Crippen LogP contribution in [0, 0.1) is 0 Å². The Hall–Kier alpha value is 0.510. The Morgan fingerprint density at radius 2 is 1.09 bits per heavy atom. The number of ether oxygens (including phenoxy) is 2. The van der Waals surface area contributed by atoms with Crippen LogP contribution in [0.4, 0.5) is 0 Å². The average molecular weight is 552 g/mol. The molecule has 0 heterocycles. The fourth-order valence-electron chi connectivity index (χ4n) is 2.08. The Kier molecular flexibility index (Phi) is 25.7.